The van der Waals surface area contributed by atoms with Gasteiger partial charge in [0, 0.05) is 34.4 Å². The summed E-state index contributed by atoms with van der Waals surface area (Å²) >= 11 is 2.89. The Balaban J connectivity index is 2.30. The number of sulfone groups is 1. The summed E-state index contributed by atoms with van der Waals surface area (Å²) < 4.78 is 24.3. The van der Waals surface area contributed by atoms with E-state index in [0.717, 1.165) is 10.6 Å². The monoisotopic (exact) mass is 334 g/mol. The fourth-order valence-corrected chi connectivity index (χ4v) is 5.91. The fraction of sp³-hybridized carbons (Fsp3) is 0.583. The van der Waals surface area contributed by atoms with Crippen LogP contribution in [0.1, 0.15) is 21.5 Å². The third kappa shape index (κ3) is 2.96. The molecule has 1 amide bonds. The van der Waals surface area contributed by atoms with Crippen LogP contribution in [0.2, 0.25) is 0 Å². The van der Waals surface area contributed by atoms with Crippen molar-refractivity contribution in [3.63, 3.8) is 0 Å². The van der Waals surface area contributed by atoms with Gasteiger partial charge >= 0.3 is 0 Å². The van der Waals surface area contributed by atoms with Crippen molar-refractivity contribution in [3.8, 4) is 0 Å². The SMILES string of the molecule is CCS(=O)(=O)C1CSCCN1C(=O)c1cc(N)c(C)s1. The van der Waals surface area contributed by atoms with Crippen LogP contribution in [0.4, 0.5) is 5.69 Å². The molecule has 1 aromatic heterocycles. The maximum absolute atomic E-state index is 12.5. The van der Waals surface area contributed by atoms with Crippen LogP contribution in [0, 0.1) is 6.92 Å². The van der Waals surface area contributed by atoms with Crippen LogP contribution in [0.3, 0.4) is 0 Å². The summed E-state index contributed by atoms with van der Waals surface area (Å²) in [5, 5.41) is -0.720. The van der Waals surface area contributed by atoms with E-state index in [0.29, 0.717) is 22.9 Å². The number of thioether (sulfide) groups is 1. The number of aryl methyl sites for hydroxylation is 1. The van der Waals surface area contributed by atoms with Gasteiger partial charge < -0.3 is 10.6 Å². The highest BCUT2D eigenvalue weighted by atomic mass is 32.2. The number of nitrogen functional groups attached to an aromatic ring is 1. The quantitative estimate of drug-likeness (QED) is 0.908. The van der Waals surface area contributed by atoms with E-state index in [9.17, 15) is 13.2 Å². The minimum atomic E-state index is -3.27. The molecule has 0 radical (unpaired) electrons. The second-order valence-electron chi connectivity index (χ2n) is 4.60. The van der Waals surface area contributed by atoms with Gasteiger partial charge in [0.2, 0.25) is 0 Å². The van der Waals surface area contributed by atoms with Crippen molar-refractivity contribution >= 4 is 44.5 Å². The van der Waals surface area contributed by atoms with E-state index in [1.54, 1.807) is 24.8 Å². The maximum atomic E-state index is 12.5. The van der Waals surface area contributed by atoms with Crippen LogP contribution in [0.15, 0.2) is 6.07 Å². The molecule has 5 nitrogen and oxygen atoms in total. The predicted molar refractivity (Wildman–Crippen MR) is 85.1 cm³/mol. The highest BCUT2D eigenvalue weighted by Crippen LogP contribution is 2.28. The molecule has 0 bridgehead atoms. The molecule has 0 aromatic carbocycles. The van der Waals surface area contributed by atoms with Gasteiger partial charge in [0.1, 0.15) is 5.37 Å². The predicted octanol–water partition coefficient (Wildman–Crippen LogP) is 1.59. The third-order valence-electron chi connectivity index (χ3n) is 3.33. The number of hydrogen-bond donors (Lipinski definition) is 1. The third-order valence-corrected chi connectivity index (χ3v) is 7.67. The zero-order valence-corrected chi connectivity index (χ0v) is 13.9. The molecular weight excluding hydrogens is 316 g/mol. The van der Waals surface area contributed by atoms with E-state index in [-0.39, 0.29) is 11.7 Å². The average Bonchev–Trinajstić information content (AvgIpc) is 2.78. The standard InChI is InChI=1S/C12H18N2O3S3/c1-3-20(16,17)11-7-18-5-4-14(11)12(15)10-6-9(13)8(2)19-10/h6,11H,3-5,7,13H2,1-2H3. The van der Waals surface area contributed by atoms with E-state index >= 15 is 0 Å². The molecule has 1 atom stereocenters. The zero-order valence-electron chi connectivity index (χ0n) is 11.5. The van der Waals surface area contributed by atoms with E-state index in [2.05, 4.69) is 0 Å². The van der Waals surface area contributed by atoms with Gasteiger partial charge in [0.25, 0.3) is 5.91 Å². The summed E-state index contributed by atoms with van der Waals surface area (Å²) in [6, 6.07) is 1.64. The lowest BCUT2D eigenvalue weighted by molar-refractivity contribution is 0.0754. The number of amides is 1. The zero-order chi connectivity index (χ0) is 14.9. The van der Waals surface area contributed by atoms with Crippen molar-refractivity contribution in [1.82, 2.24) is 4.90 Å². The van der Waals surface area contributed by atoms with Gasteiger partial charge in [-0.05, 0) is 13.0 Å². The molecule has 2 rings (SSSR count). The Morgan fingerprint density at radius 1 is 1.55 bits per heavy atom. The first kappa shape index (κ1) is 15.7. The molecule has 8 heteroatoms. The van der Waals surface area contributed by atoms with E-state index in [4.69, 9.17) is 5.73 Å². The van der Waals surface area contributed by atoms with Crippen molar-refractivity contribution in [2.24, 2.45) is 0 Å². The summed E-state index contributed by atoms with van der Waals surface area (Å²) in [5.74, 6) is 1.04. The largest absolute Gasteiger partial charge is 0.398 e. The van der Waals surface area contributed by atoms with Gasteiger partial charge in [0.15, 0.2) is 9.84 Å². The van der Waals surface area contributed by atoms with Gasteiger partial charge in [-0.3, -0.25) is 4.79 Å². The summed E-state index contributed by atoms with van der Waals surface area (Å²) in [5.41, 5.74) is 6.35. The Morgan fingerprint density at radius 2 is 2.25 bits per heavy atom. The minimum absolute atomic E-state index is 0.0492. The molecule has 0 aliphatic carbocycles. The summed E-state index contributed by atoms with van der Waals surface area (Å²) in [7, 11) is -3.27. The smallest absolute Gasteiger partial charge is 0.265 e. The van der Waals surface area contributed by atoms with Gasteiger partial charge in [-0.25, -0.2) is 8.42 Å². The molecule has 1 fully saturated rings. The van der Waals surface area contributed by atoms with Gasteiger partial charge in [0.05, 0.1) is 4.88 Å². The molecule has 2 heterocycles. The van der Waals surface area contributed by atoms with Gasteiger partial charge in [-0.15, -0.1) is 11.3 Å². The first-order valence-corrected chi connectivity index (χ1v) is 10.0. The molecule has 1 unspecified atom stereocenters. The summed E-state index contributed by atoms with van der Waals surface area (Å²) in [6.45, 7) is 3.93. The Labute approximate surface area is 127 Å². The van der Waals surface area contributed by atoms with Crippen LogP contribution in [-0.2, 0) is 9.84 Å². The van der Waals surface area contributed by atoms with Crippen molar-refractivity contribution < 1.29 is 13.2 Å². The maximum Gasteiger partial charge on any atom is 0.265 e. The number of rotatable bonds is 3. The second-order valence-corrected chi connectivity index (χ2v) is 9.46. The highest BCUT2D eigenvalue weighted by Gasteiger charge is 2.36. The van der Waals surface area contributed by atoms with Gasteiger partial charge in [-0.2, -0.15) is 11.8 Å². The second kappa shape index (κ2) is 5.95. The number of nitrogens with two attached hydrogens (primary N) is 1. The molecule has 20 heavy (non-hydrogen) atoms. The molecule has 1 aliphatic heterocycles. The number of anilines is 1. The van der Waals surface area contributed by atoms with E-state index < -0.39 is 15.2 Å². The van der Waals surface area contributed by atoms with Crippen molar-refractivity contribution in [2.45, 2.75) is 19.2 Å². The van der Waals surface area contributed by atoms with Gasteiger partial charge in [-0.1, -0.05) is 6.92 Å². The lowest BCUT2D eigenvalue weighted by atomic mass is 10.3. The molecule has 2 N–H and O–H groups in total. The van der Waals surface area contributed by atoms with Crippen molar-refractivity contribution in [2.75, 3.05) is 29.5 Å². The normalized spacial score (nSPS) is 20.1. The number of nitrogens with zero attached hydrogens (tertiary/aromatic N) is 1. The Hall–Kier alpha value is -0.730. The highest BCUT2D eigenvalue weighted by molar-refractivity contribution is 8.01. The number of carbonyl (C=O) groups is 1. The number of thiophene rings is 1. The van der Waals surface area contributed by atoms with Crippen LogP contribution in [0.5, 0.6) is 0 Å². The first-order valence-electron chi connectivity index (χ1n) is 6.33. The van der Waals surface area contributed by atoms with Crippen LogP contribution in [-0.4, -0.2) is 48.4 Å². The molecular formula is C12H18N2O3S3. The van der Waals surface area contributed by atoms with E-state index in [1.165, 1.54) is 16.2 Å². The van der Waals surface area contributed by atoms with Crippen LogP contribution >= 0.6 is 23.1 Å². The lowest BCUT2D eigenvalue weighted by Gasteiger charge is -2.34. The topological polar surface area (TPSA) is 80.5 Å². The first-order chi connectivity index (χ1) is 9.36. The average molecular weight is 334 g/mol. The van der Waals surface area contributed by atoms with Crippen LogP contribution in [0.25, 0.3) is 0 Å². The molecule has 0 saturated carbocycles. The number of hydrogen-bond acceptors (Lipinski definition) is 6. The van der Waals surface area contributed by atoms with Crippen molar-refractivity contribution in [1.29, 1.82) is 0 Å². The number of carbonyl (C=O) groups excluding carboxylic acids is 1. The molecule has 112 valence electrons. The molecule has 0 spiro atoms. The molecule has 1 saturated heterocycles. The Morgan fingerprint density at radius 3 is 2.80 bits per heavy atom. The fourth-order valence-electron chi connectivity index (χ4n) is 2.05. The minimum Gasteiger partial charge on any atom is -0.398 e. The Bertz CT molecular complexity index is 590. The van der Waals surface area contributed by atoms with Crippen molar-refractivity contribution in [3.05, 3.63) is 15.8 Å². The van der Waals surface area contributed by atoms with E-state index in [1.807, 2.05) is 6.92 Å². The molecule has 1 aromatic rings. The Kier molecular flexibility index (Phi) is 4.66. The lowest BCUT2D eigenvalue weighted by Crippen LogP contribution is -2.50. The summed E-state index contributed by atoms with van der Waals surface area (Å²) in [6.07, 6.45) is 0. The summed E-state index contributed by atoms with van der Waals surface area (Å²) in [4.78, 5) is 15.4. The molecule has 1 aliphatic rings. The van der Waals surface area contributed by atoms with Crippen LogP contribution < -0.4 is 5.73 Å².